The van der Waals surface area contributed by atoms with E-state index in [4.69, 9.17) is 17.3 Å². The normalized spacial score (nSPS) is 12.0. The number of amides is 1. The maximum Gasteiger partial charge on any atom is 0.230 e. The molecule has 2 rings (SSSR count). The summed E-state index contributed by atoms with van der Waals surface area (Å²) >= 11 is 6.05. The molecule has 1 unspecified atom stereocenters. The molecule has 23 heavy (non-hydrogen) atoms. The van der Waals surface area contributed by atoms with Gasteiger partial charge in [0.05, 0.1) is 5.92 Å². The van der Waals surface area contributed by atoms with Gasteiger partial charge < -0.3 is 10.6 Å². The molecule has 2 aromatic carbocycles. The molecule has 4 heteroatoms. The Morgan fingerprint density at radius 2 is 1.91 bits per heavy atom. The summed E-state index contributed by atoms with van der Waals surface area (Å²) in [6.45, 7) is 3.76. The van der Waals surface area contributed by atoms with Crippen LogP contribution in [0.2, 0.25) is 5.02 Å². The highest BCUT2D eigenvalue weighted by atomic mass is 35.5. The Morgan fingerprint density at radius 1 is 1.17 bits per heavy atom. The Kier molecular flexibility index (Phi) is 6.63. The molecular weight excluding hydrogens is 308 g/mol. The number of carbonyl (C=O) groups is 1. The molecule has 0 radical (unpaired) electrons. The first-order valence-corrected chi connectivity index (χ1v) is 8.28. The van der Waals surface area contributed by atoms with Crippen molar-refractivity contribution < 1.29 is 4.79 Å². The van der Waals surface area contributed by atoms with E-state index in [2.05, 4.69) is 0 Å². The molecule has 0 fully saturated rings. The van der Waals surface area contributed by atoms with E-state index in [0.717, 1.165) is 17.5 Å². The van der Waals surface area contributed by atoms with Gasteiger partial charge in [-0.15, -0.1) is 0 Å². The van der Waals surface area contributed by atoms with Crippen LogP contribution in [0.25, 0.3) is 0 Å². The molecule has 0 aliphatic rings. The number of benzene rings is 2. The average Bonchev–Trinajstić information content (AvgIpc) is 2.58. The van der Waals surface area contributed by atoms with Crippen molar-refractivity contribution >= 4 is 17.5 Å². The lowest BCUT2D eigenvalue weighted by atomic mass is 9.99. The Bertz CT molecular complexity index is 630. The minimum Gasteiger partial charge on any atom is -0.338 e. The predicted octanol–water partition coefficient (Wildman–Crippen LogP) is 3.82. The van der Waals surface area contributed by atoms with E-state index in [9.17, 15) is 4.79 Å². The second-order valence-corrected chi connectivity index (χ2v) is 6.10. The Balaban J connectivity index is 2.15. The number of carbonyl (C=O) groups excluding carboxylic acids is 1. The molecule has 0 saturated carbocycles. The van der Waals surface area contributed by atoms with Gasteiger partial charge in [0.2, 0.25) is 5.91 Å². The van der Waals surface area contributed by atoms with Crippen molar-refractivity contribution in [3.8, 4) is 0 Å². The van der Waals surface area contributed by atoms with Crippen LogP contribution in [0.1, 0.15) is 30.4 Å². The van der Waals surface area contributed by atoms with Crippen LogP contribution >= 0.6 is 11.6 Å². The number of hydrogen-bond acceptors (Lipinski definition) is 2. The van der Waals surface area contributed by atoms with Crippen LogP contribution in [-0.4, -0.2) is 23.9 Å². The van der Waals surface area contributed by atoms with E-state index in [-0.39, 0.29) is 11.8 Å². The second-order valence-electron chi connectivity index (χ2n) is 5.66. The van der Waals surface area contributed by atoms with Crippen LogP contribution < -0.4 is 5.73 Å². The van der Waals surface area contributed by atoms with Crippen molar-refractivity contribution in [3.05, 3.63) is 70.7 Å². The van der Waals surface area contributed by atoms with Crippen molar-refractivity contribution in [2.75, 3.05) is 13.1 Å². The Labute approximate surface area is 143 Å². The molecule has 0 saturated heterocycles. The first-order valence-electron chi connectivity index (χ1n) is 7.90. The first kappa shape index (κ1) is 17.5. The van der Waals surface area contributed by atoms with E-state index in [1.165, 1.54) is 0 Å². The highest BCUT2D eigenvalue weighted by Crippen LogP contribution is 2.22. The number of hydrogen-bond donors (Lipinski definition) is 1. The zero-order valence-electron chi connectivity index (χ0n) is 13.4. The molecule has 122 valence electrons. The lowest BCUT2D eigenvalue weighted by Crippen LogP contribution is -2.35. The highest BCUT2D eigenvalue weighted by molar-refractivity contribution is 6.30. The summed E-state index contributed by atoms with van der Waals surface area (Å²) in [5.74, 6) is -0.125. The quantitative estimate of drug-likeness (QED) is 0.838. The molecule has 0 bridgehead atoms. The van der Waals surface area contributed by atoms with E-state index in [1.54, 1.807) is 0 Å². The molecule has 3 nitrogen and oxygen atoms in total. The Morgan fingerprint density at radius 3 is 2.57 bits per heavy atom. The summed E-state index contributed by atoms with van der Waals surface area (Å²) in [6, 6.07) is 17.5. The van der Waals surface area contributed by atoms with Crippen LogP contribution in [0.3, 0.4) is 0 Å². The summed E-state index contributed by atoms with van der Waals surface area (Å²) in [6.07, 6.45) is 0.792. The average molecular weight is 331 g/mol. The second kappa shape index (κ2) is 8.70. The van der Waals surface area contributed by atoms with E-state index in [0.29, 0.717) is 24.7 Å². The Hall–Kier alpha value is -1.84. The van der Waals surface area contributed by atoms with Crippen LogP contribution in [-0.2, 0) is 11.3 Å². The zero-order chi connectivity index (χ0) is 16.7. The standard InChI is InChI=1S/C19H23ClN2O/c1-15(17-9-5-10-18(20)13-17)19(23)22(12-6-11-21)14-16-7-3-2-4-8-16/h2-5,7-10,13,15H,6,11-12,14,21H2,1H3. The van der Waals surface area contributed by atoms with Gasteiger partial charge in [0.1, 0.15) is 0 Å². The highest BCUT2D eigenvalue weighted by Gasteiger charge is 2.22. The van der Waals surface area contributed by atoms with E-state index < -0.39 is 0 Å². The monoisotopic (exact) mass is 330 g/mol. The lowest BCUT2D eigenvalue weighted by molar-refractivity contribution is -0.133. The fraction of sp³-hybridized carbons (Fsp3) is 0.316. The molecule has 0 heterocycles. The van der Waals surface area contributed by atoms with Crippen molar-refractivity contribution in [2.45, 2.75) is 25.8 Å². The van der Waals surface area contributed by atoms with Gasteiger partial charge in [-0.2, -0.15) is 0 Å². The maximum absolute atomic E-state index is 12.9. The maximum atomic E-state index is 12.9. The van der Waals surface area contributed by atoms with Crippen LogP contribution in [0.4, 0.5) is 0 Å². The topological polar surface area (TPSA) is 46.3 Å². The van der Waals surface area contributed by atoms with Gasteiger partial charge in [0.15, 0.2) is 0 Å². The molecule has 0 spiro atoms. The van der Waals surface area contributed by atoms with Crippen LogP contribution in [0.15, 0.2) is 54.6 Å². The third kappa shape index (κ3) is 5.08. The fourth-order valence-electron chi connectivity index (χ4n) is 2.55. The van der Waals surface area contributed by atoms with Gasteiger partial charge in [-0.3, -0.25) is 4.79 Å². The number of nitrogens with two attached hydrogens (primary N) is 1. The smallest absolute Gasteiger partial charge is 0.230 e. The third-order valence-corrected chi connectivity index (χ3v) is 4.11. The van der Waals surface area contributed by atoms with Crippen LogP contribution in [0, 0.1) is 0 Å². The molecular formula is C19H23ClN2O. The van der Waals surface area contributed by atoms with Crippen molar-refractivity contribution in [1.29, 1.82) is 0 Å². The zero-order valence-corrected chi connectivity index (χ0v) is 14.2. The van der Waals surface area contributed by atoms with Crippen molar-refractivity contribution in [3.63, 3.8) is 0 Å². The largest absolute Gasteiger partial charge is 0.338 e. The van der Waals surface area contributed by atoms with Crippen molar-refractivity contribution in [2.24, 2.45) is 5.73 Å². The molecule has 0 aromatic heterocycles. The minimum absolute atomic E-state index is 0.101. The first-order chi connectivity index (χ1) is 11.1. The summed E-state index contributed by atoms with van der Waals surface area (Å²) in [7, 11) is 0. The molecule has 0 aliphatic heterocycles. The summed E-state index contributed by atoms with van der Waals surface area (Å²) < 4.78 is 0. The fourth-order valence-corrected chi connectivity index (χ4v) is 2.74. The number of rotatable bonds is 7. The van der Waals surface area contributed by atoms with Crippen molar-refractivity contribution in [1.82, 2.24) is 4.90 Å². The summed E-state index contributed by atoms with van der Waals surface area (Å²) in [5.41, 5.74) is 7.68. The minimum atomic E-state index is -0.227. The van der Waals surface area contributed by atoms with Gasteiger partial charge >= 0.3 is 0 Å². The third-order valence-electron chi connectivity index (χ3n) is 3.88. The van der Waals surface area contributed by atoms with Gasteiger partial charge in [0.25, 0.3) is 0 Å². The SMILES string of the molecule is CC(C(=O)N(CCCN)Cc1ccccc1)c1cccc(Cl)c1. The van der Waals surface area contributed by atoms with Crippen LogP contribution in [0.5, 0.6) is 0 Å². The molecule has 1 amide bonds. The predicted molar refractivity (Wildman–Crippen MR) is 95.4 cm³/mol. The van der Waals surface area contributed by atoms with Gasteiger partial charge in [-0.1, -0.05) is 54.1 Å². The number of halogens is 1. The van der Waals surface area contributed by atoms with Gasteiger partial charge in [0, 0.05) is 18.1 Å². The lowest BCUT2D eigenvalue weighted by Gasteiger charge is -2.26. The van der Waals surface area contributed by atoms with Gasteiger partial charge in [-0.05, 0) is 43.1 Å². The van der Waals surface area contributed by atoms with E-state index >= 15 is 0 Å². The van der Waals surface area contributed by atoms with E-state index in [1.807, 2.05) is 66.4 Å². The summed E-state index contributed by atoms with van der Waals surface area (Å²) in [5, 5.41) is 0.652. The summed E-state index contributed by atoms with van der Waals surface area (Å²) in [4.78, 5) is 14.8. The molecule has 0 aliphatic carbocycles. The number of nitrogens with zero attached hydrogens (tertiary/aromatic N) is 1. The molecule has 2 aromatic rings. The van der Waals surface area contributed by atoms with Gasteiger partial charge in [-0.25, -0.2) is 0 Å². The molecule has 1 atom stereocenters. The molecule has 2 N–H and O–H groups in total.